The van der Waals surface area contributed by atoms with E-state index in [1.165, 1.54) is 26.2 Å². The molecule has 7 heteroatoms. The van der Waals surface area contributed by atoms with Crippen LogP contribution in [0.15, 0.2) is 54.1 Å². The zero-order chi connectivity index (χ0) is 20.5. The molecule has 1 amide bonds. The third kappa shape index (κ3) is 5.81. The van der Waals surface area contributed by atoms with Crippen LogP contribution in [-0.4, -0.2) is 31.4 Å². The Labute approximate surface area is 162 Å². The summed E-state index contributed by atoms with van der Waals surface area (Å²) in [4.78, 5) is 35.4. The number of ether oxygens (including phenoxy) is 2. The average Bonchev–Trinajstić information content (AvgIpc) is 2.70. The van der Waals surface area contributed by atoms with Crippen molar-refractivity contribution in [3.05, 3.63) is 65.2 Å². The SMILES string of the molecule is COc1cccc(/C=C(\C#N)C(=O)OCC(=O)Nc2cccc(C(C)=O)c2)c1. The molecule has 7 nitrogen and oxygen atoms in total. The molecule has 0 aliphatic heterocycles. The molecule has 2 aromatic carbocycles. The molecule has 0 saturated carbocycles. The first-order valence-corrected chi connectivity index (χ1v) is 8.26. The van der Waals surface area contributed by atoms with Crippen LogP contribution in [-0.2, 0) is 14.3 Å². The van der Waals surface area contributed by atoms with E-state index in [2.05, 4.69) is 5.32 Å². The standard InChI is InChI=1S/C21H18N2O5/c1-14(24)16-6-4-7-18(11-16)23-20(25)13-28-21(26)17(12-22)9-15-5-3-8-19(10-15)27-2/h3-11H,13H2,1-2H3,(H,23,25)/b17-9+. The topological polar surface area (TPSA) is 105 Å². The number of nitriles is 1. The minimum Gasteiger partial charge on any atom is -0.497 e. The molecule has 2 aromatic rings. The van der Waals surface area contributed by atoms with Gasteiger partial charge in [0.1, 0.15) is 17.4 Å². The zero-order valence-electron chi connectivity index (χ0n) is 15.4. The molecule has 0 atom stereocenters. The minimum atomic E-state index is -0.919. The molecule has 0 bridgehead atoms. The summed E-state index contributed by atoms with van der Waals surface area (Å²) in [6.07, 6.45) is 1.35. The van der Waals surface area contributed by atoms with Gasteiger partial charge < -0.3 is 14.8 Å². The number of esters is 1. The monoisotopic (exact) mass is 378 g/mol. The Morgan fingerprint density at radius 3 is 2.57 bits per heavy atom. The molecule has 0 aliphatic rings. The van der Waals surface area contributed by atoms with Gasteiger partial charge in [-0.1, -0.05) is 24.3 Å². The number of hydrogen-bond acceptors (Lipinski definition) is 6. The van der Waals surface area contributed by atoms with E-state index in [1.54, 1.807) is 48.5 Å². The van der Waals surface area contributed by atoms with Gasteiger partial charge in [-0.15, -0.1) is 0 Å². The molecule has 0 aliphatic carbocycles. The van der Waals surface area contributed by atoms with Crippen LogP contribution >= 0.6 is 0 Å². The number of nitrogens with zero attached hydrogens (tertiary/aromatic N) is 1. The molecule has 2 rings (SSSR count). The lowest BCUT2D eigenvalue weighted by Gasteiger charge is -2.07. The minimum absolute atomic E-state index is 0.135. The molecule has 28 heavy (non-hydrogen) atoms. The number of carbonyl (C=O) groups is 3. The zero-order valence-corrected chi connectivity index (χ0v) is 15.4. The number of ketones is 1. The second kappa shape index (κ2) is 9.69. The second-order valence-electron chi connectivity index (χ2n) is 5.71. The number of hydrogen-bond donors (Lipinski definition) is 1. The van der Waals surface area contributed by atoms with Gasteiger partial charge in [0.2, 0.25) is 0 Å². The van der Waals surface area contributed by atoms with Crippen molar-refractivity contribution >= 4 is 29.4 Å². The molecule has 0 heterocycles. The largest absolute Gasteiger partial charge is 0.497 e. The van der Waals surface area contributed by atoms with Crippen LogP contribution in [0.25, 0.3) is 6.08 Å². The Balaban J connectivity index is 1.98. The van der Waals surface area contributed by atoms with Crippen LogP contribution in [0.3, 0.4) is 0 Å². The van der Waals surface area contributed by atoms with E-state index < -0.39 is 18.5 Å². The lowest BCUT2D eigenvalue weighted by molar-refractivity contribution is -0.142. The lowest BCUT2D eigenvalue weighted by Crippen LogP contribution is -2.21. The first kappa shape index (κ1) is 20.4. The number of nitrogens with one attached hydrogen (secondary N) is 1. The van der Waals surface area contributed by atoms with E-state index in [0.29, 0.717) is 22.6 Å². The first-order chi connectivity index (χ1) is 13.4. The van der Waals surface area contributed by atoms with Gasteiger partial charge in [-0.25, -0.2) is 4.79 Å². The Kier molecular flexibility index (Phi) is 7.06. The van der Waals surface area contributed by atoms with Crippen LogP contribution in [0.5, 0.6) is 5.75 Å². The van der Waals surface area contributed by atoms with E-state index >= 15 is 0 Å². The molecule has 0 unspecified atom stereocenters. The van der Waals surface area contributed by atoms with Crippen molar-refractivity contribution in [2.75, 3.05) is 19.0 Å². The number of rotatable bonds is 7. The van der Waals surface area contributed by atoms with Gasteiger partial charge in [0.25, 0.3) is 5.91 Å². The fourth-order valence-corrected chi connectivity index (χ4v) is 2.26. The van der Waals surface area contributed by atoms with Crippen molar-refractivity contribution < 1.29 is 23.9 Å². The van der Waals surface area contributed by atoms with Crippen LogP contribution in [0, 0.1) is 11.3 Å². The normalized spacial score (nSPS) is 10.5. The van der Waals surface area contributed by atoms with Gasteiger partial charge in [0.05, 0.1) is 7.11 Å². The fraction of sp³-hybridized carbons (Fsp3) is 0.143. The van der Waals surface area contributed by atoms with Gasteiger partial charge >= 0.3 is 5.97 Å². The van der Waals surface area contributed by atoms with Crippen molar-refractivity contribution in [2.45, 2.75) is 6.92 Å². The van der Waals surface area contributed by atoms with E-state index in [9.17, 15) is 19.6 Å². The molecule has 0 aromatic heterocycles. The Hall–Kier alpha value is -3.92. The van der Waals surface area contributed by atoms with Gasteiger partial charge in [0, 0.05) is 11.3 Å². The third-order valence-corrected chi connectivity index (χ3v) is 3.63. The van der Waals surface area contributed by atoms with E-state index in [1.807, 2.05) is 0 Å². The first-order valence-electron chi connectivity index (χ1n) is 8.26. The molecule has 0 fully saturated rings. The molecular formula is C21H18N2O5. The van der Waals surface area contributed by atoms with Crippen molar-refractivity contribution in [1.82, 2.24) is 0 Å². The number of anilines is 1. The summed E-state index contributed by atoms with van der Waals surface area (Å²) in [6, 6.07) is 14.9. The molecule has 0 spiro atoms. The van der Waals surface area contributed by atoms with Gasteiger partial charge in [-0.05, 0) is 42.8 Å². The van der Waals surface area contributed by atoms with Crippen LogP contribution in [0.4, 0.5) is 5.69 Å². The molecule has 0 radical (unpaired) electrons. The number of amides is 1. The fourth-order valence-electron chi connectivity index (χ4n) is 2.26. The highest BCUT2D eigenvalue weighted by Crippen LogP contribution is 2.16. The average molecular weight is 378 g/mol. The highest BCUT2D eigenvalue weighted by Gasteiger charge is 2.14. The predicted molar refractivity (Wildman–Crippen MR) is 103 cm³/mol. The quantitative estimate of drug-likeness (QED) is 0.344. The molecule has 142 valence electrons. The van der Waals surface area contributed by atoms with E-state index in [0.717, 1.165) is 0 Å². The summed E-state index contributed by atoms with van der Waals surface area (Å²) in [7, 11) is 1.51. The number of benzene rings is 2. The van der Waals surface area contributed by atoms with E-state index in [4.69, 9.17) is 9.47 Å². The Morgan fingerprint density at radius 1 is 1.14 bits per heavy atom. The summed E-state index contributed by atoms with van der Waals surface area (Å²) in [5.41, 5.74) is 1.18. The number of methoxy groups -OCH3 is 1. The summed E-state index contributed by atoms with van der Waals surface area (Å²) in [6.45, 7) is 0.848. The maximum atomic E-state index is 12.1. The Bertz CT molecular complexity index is 973. The summed E-state index contributed by atoms with van der Waals surface area (Å²) in [5.74, 6) is -1.07. The molecule has 1 N–H and O–H groups in total. The smallest absolute Gasteiger partial charge is 0.349 e. The number of carbonyl (C=O) groups excluding carboxylic acids is 3. The van der Waals surface area contributed by atoms with Crippen molar-refractivity contribution in [3.63, 3.8) is 0 Å². The van der Waals surface area contributed by atoms with Crippen molar-refractivity contribution in [1.29, 1.82) is 5.26 Å². The summed E-state index contributed by atoms with van der Waals surface area (Å²) < 4.78 is 9.98. The van der Waals surface area contributed by atoms with Crippen LogP contribution in [0.1, 0.15) is 22.8 Å². The summed E-state index contributed by atoms with van der Waals surface area (Å²) in [5, 5.41) is 11.7. The lowest BCUT2D eigenvalue weighted by atomic mass is 10.1. The highest BCUT2D eigenvalue weighted by molar-refractivity contribution is 6.00. The van der Waals surface area contributed by atoms with Gasteiger partial charge in [-0.3, -0.25) is 9.59 Å². The summed E-state index contributed by atoms with van der Waals surface area (Å²) >= 11 is 0. The predicted octanol–water partition coefficient (Wildman–Crippen LogP) is 2.99. The molecular weight excluding hydrogens is 360 g/mol. The highest BCUT2D eigenvalue weighted by atomic mass is 16.5. The van der Waals surface area contributed by atoms with E-state index in [-0.39, 0.29) is 11.4 Å². The molecule has 0 saturated heterocycles. The number of Topliss-reactive ketones (excluding diaryl/α,β-unsaturated/α-hetero) is 1. The second-order valence-corrected chi connectivity index (χ2v) is 5.71. The van der Waals surface area contributed by atoms with Crippen LogP contribution in [0.2, 0.25) is 0 Å². The third-order valence-electron chi connectivity index (χ3n) is 3.63. The van der Waals surface area contributed by atoms with Crippen LogP contribution < -0.4 is 10.1 Å². The Morgan fingerprint density at radius 2 is 1.89 bits per heavy atom. The van der Waals surface area contributed by atoms with Gasteiger partial charge in [0.15, 0.2) is 12.4 Å². The van der Waals surface area contributed by atoms with Crippen molar-refractivity contribution in [2.24, 2.45) is 0 Å². The maximum absolute atomic E-state index is 12.1. The maximum Gasteiger partial charge on any atom is 0.349 e. The van der Waals surface area contributed by atoms with Crippen molar-refractivity contribution in [3.8, 4) is 11.8 Å². The van der Waals surface area contributed by atoms with Gasteiger partial charge in [-0.2, -0.15) is 5.26 Å².